The molecule has 1 rings (SSSR count). The zero-order valence-electron chi connectivity index (χ0n) is 19.7. The quantitative estimate of drug-likeness (QED) is 0.268. The van der Waals surface area contributed by atoms with Crippen molar-refractivity contribution in [3.8, 4) is 5.75 Å². The van der Waals surface area contributed by atoms with Gasteiger partial charge < -0.3 is 20.3 Å². The van der Waals surface area contributed by atoms with Crippen molar-refractivity contribution in [1.29, 1.82) is 0 Å². The Bertz CT molecular complexity index is 592. The van der Waals surface area contributed by atoms with Gasteiger partial charge in [0.05, 0.1) is 12.0 Å². The van der Waals surface area contributed by atoms with Gasteiger partial charge in [0.2, 0.25) is 5.91 Å². The van der Waals surface area contributed by atoms with E-state index in [1.165, 1.54) is 76.3 Å². The summed E-state index contributed by atoms with van der Waals surface area (Å²) >= 11 is 0. The molecule has 1 atom stereocenters. The number of phenols is 1. The van der Waals surface area contributed by atoms with E-state index in [2.05, 4.69) is 12.2 Å². The van der Waals surface area contributed by atoms with Crippen LogP contribution in [0.15, 0.2) is 24.3 Å². The van der Waals surface area contributed by atoms with Crippen LogP contribution in [0.1, 0.15) is 102 Å². The summed E-state index contributed by atoms with van der Waals surface area (Å²) in [6, 6.07) is 5.23. The number of aliphatic carboxylic acids is 1. The van der Waals surface area contributed by atoms with Crippen molar-refractivity contribution in [3.63, 3.8) is 0 Å². The van der Waals surface area contributed by atoms with Gasteiger partial charge in [0.1, 0.15) is 5.75 Å². The molecule has 0 aliphatic heterocycles. The molecule has 1 aromatic rings. The molecule has 0 aliphatic rings. The van der Waals surface area contributed by atoms with E-state index in [1.54, 1.807) is 12.1 Å². The molecule has 0 heterocycles. The summed E-state index contributed by atoms with van der Waals surface area (Å²) in [6.45, 7) is 2.25. The monoisotopic (exact) mass is 441 g/mol. The molecule has 1 aromatic carbocycles. The van der Waals surface area contributed by atoms with E-state index >= 15 is 0 Å². The number of aromatic hydroxyl groups is 1. The van der Waals surface area contributed by atoms with Crippen LogP contribution >= 0.6 is 0 Å². The number of benzene rings is 1. The number of carboxylic acid groups (broad SMARTS) is 1. The van der Waals surface area contributed by atoms with Crippen molar-refractivity contribution in [1.82, 2.24) is 5.32 Å². The molecule has 5 nitrogen and oxygen atoms in total. The molecule has 2 N–H and O–H groups in total. The smallest absolute Gasteiger partial charge is 0.548 e. The van der Waals surface area contributed by atoms with Crippen molar-refractivity contribution in [2.45, 2.75) is 109 Å². The fourth-order valence-corrected chi connectivity index (χ4v) is 3.63. The van der Waals surface area contributed by atoms with Gasteiger partial charge in [-0.25, -0.2) is 0 Å². The number of phenolic OH excluding ortho intramolecular Hbond substituents is 1. The number of rotatable bonds is 18. The molecular weight excluding hydrogens is 401 g/mol. The van der Waals surface area contributed by atoms with Crippen molar-refractivity contribution in [2.75, 3.05) is 0 Å². The number of amides is 1. The van der Waals surface area contributed by atoms with Crippen molar-refractivity contribution in [3.05, 3.63) is 29.8 Å². The molecule has 0 aliphatic carbocycles. The van der Waals surface area contributed by atoms with E-state index in [4.69, 9.17) is 0 Å². The minimum Gasteiger partial charge on any atom is -0.548 e. The van der Waals surface area contributed by atoms with Crippen LogP contribution in [0.3, 0.4) is 0 Å². The third-order valence-corrected chi connectivity index (χ3v) is 5.50. The maximum absolute atomic E-state index is 12.1. The zero-order chi connectivity index (χ0) is 22.0. The van der Waals surface area contributed by atoms with Gasteiger partial charge in [0.25, 0.3) is 0 Å². The molecule has 0 saturated carbocycles. The fraction of sp³-hybridized carbons (Fsp3) is 0.680. The Morgan fingerprint density at radius 2 is 1.29 bits per heavy atom. The molecule has 31 heavy (non-hydrogen) atoms. The SMILES string of the molecule is CCCCCCCCCCCCCCCC(=O)N[C@@H](Cc1ccc(O)cc1)C(=O)[O-].[Na+]. The van der Waals surface area contributed by atoms with Crippen molar-refractivity contribution < 1.29 is 49.4 Å². The first-order chi connectivity index (χ1) is 14.5. The Morgan fingerprint density at radius 3 is 1.74 bits per heavy atom. The van der Waals surface area contributed by atoms with Crippen LogP contribution in [0, 0.1) is 0 Å². The maximum Gasteiger partial charge on any atom is 1.00 e. The molecule has 1 amide bonds. The van der Waals surface area contributed by atoms with E-state index in [0.717, 1.165) is 24.8 Å². The number of hydrogen-bond acceptors (Lipinski definition) is 4. The van der Waals surface area contributed by atoms with Crippen LogP contribution in [-0.4, -0.2) is 23.0 Å². The van der Waals surface area contributed by atoms with Gasteiger partial charge in [0, 0.05) is 6.42 Å². The molecule has 0 radical (unpaired) electrons. The number of carboxylic acids is 1. The first kappa shape index (κ1) is 30.0. The van der Waals surface area contributed by atoms with E-state index < -0.39 is 12.0 Å². The summed E-state index contributed by atoms with van der Waals surface area (Å²) in [5.74, 6) is -1.41. The Kier molecular flexibility index (Phi) is 19.0. The van der Waals surface area contributed by atoms with Gasteiger partial charge in [-0.1, -0.05) is 96.1 Å². The predicted molar refractivity (Wildman–Crippen MR) is 119 cm³/mol. The largest absolute Gasteiger partial charge is 1.00 e. The Labute approximate surface area is 210 Å². The van der Waals surface area contributed by atoms with Gasteiger partial charge >= 0.3 is 29.6 Å². The zero-order valence-corrected chi connectivity index (χ0v) is 21.7. The van der Waals surface area contributed by atoms with Crippen molar-refractivity contribution in [2.24, 2.45) is 0 Å². The van der Waals surface area contributed by atoms with Gasteiger partial charge in [-0.05, 0) is 30.5 Å². The maximum atomic E-state index is 12.1. The standard InChI is InChI=1S/C25H41NO4.Na/c1-2-3-4-5-6-7-8-9-10-11-12-13-14-15-24(28)26-23(25(29)30)20-21-16-18-22(27)19-17-21;/h16-19,23,27H,2-15,20H2,1H3,(H,26,28)(H,29,30);/q;+1/p-1/t23-;/m0./s1. The summed E-state index contributed by atoms with van der Waals surface area (Å²) < 4.78 is 0. The molecule has 0 saturated heterocycles. The number of unbranched alkanes of at least 4 members (excludes halogenated alkanes) is 12. The van der Waals surface area contributed by atoms with Crippen LogP contribution in [0.4, 0.5) is 0 Å². The normalized spacial score (nSPS) is 11.5. The van der Waals surface area contributed by atoms with Gasteiger partial charge in [-0.3, -0.25) is 4.79 Å². The number of carbonyl (C=O) groups excluding carboxylic acids is 2. The summed E-state index contributed by atoms with van der Waals surface area (Å²) in [4.78, 5) is 23.4. The molecule has 0 bridgehead atoms. The van der Waals surface area contributed by atoms with Gasteiger partial charge in [-0.2, -0.15) is 0 Å². The number of carbonyl (C=O) groups is 2. The summed E-state index contributed by atoms with van der Waals surface area (Å²) in [6.07, 6.45) is 16.7. The molecule has 170 valence electrons. The Hall–Kier alpha value is -1.04. The number of hydrogen-bond donors (Lipinski definition) is 2. The summed E-state index contributed by atoms with van der Waals surface area (Å²) in [5.41, 5.74) is 0.725. The van der Waals surface area contributed by atoms with Crippen LogP contribution in [-0.2, 0) is 16.0 Å². The van der Waals surface area contributed by atoms with E-state index in [9.17, 15) is 19.8 Å². The molecule has 0 fully saturated rings. The molecular formula is C25H40NNaO4. The molecule has 6 heteroatoms. The fourth-order valence-electron chi connectivity index (χ4n) is 3.63. The van der Waals surface area contributed by atoms with E-state index in [-0.39, 0.29) is 47.6 Å². The average molecular weight is 442 g/mol. The van der Waals surface area contributed by atoms with Crippen LogP contribution in [0.2, 0.25) is 0 Å². The molecule has 0 aromatic heterocycles. The predicted octanol–water partition coefficient (Wildman–Crippen LogP) is 1.65. The molecule has 0 unspecified atom stereocenters. The summed E-state index contributed by atoms with van der Waals surface area (Å²) in [7, 11) is 0. The second-order valence-corrected chi connectivity index (χ2v) is 8.30. The van der Waals surface area contributed by atoms with E-state index in [0.29, 0.717) is 6.42 Å². The summed E-state index contributed by atoms with van der Waals surface area (Å²) in [5, 5.41) is 23.2. The van der Waals surface area contributed by atoms with Gasteiger partial charge in [-0.15, -0.1) is 0 Å². The third-order valence-electron chi connectivity index (χ3n) is 5.50. The van der Waals surface area contributed by atoms with Crippen LogP contribution in [0.25, 0.3) is 0 Å². The van der Waals surface area contributed by atoms with Crippen molar-refractivity contribution >= 4 is 11.9 Å². The first-order valence-electron chi connectivity index (χ1n) is 11.8. The van der Waals surface area contributed by atoms with E-state index in [1.807, 2.05) is 0 Å². The topological polar surface area (TPSA) is 89.5 Å². The minimum atomic E-state index is -1.29. The van der Waals surface area contributed by atoms with Crippen LogP contribution < -0.4 is 40.0 Å². The second-order valence-electron chi connectivity index (χ2n) is 8.30. The molecule has 0 spiro atoms. The van der Waals surface area contributed by atoms with Crippen LogP contribution in [0.5, 0.6) is 5.75 Å². The Morgan fingerprint density at radius 1 is 0.839 bits per heavy atom. The third kappa shape index (κ3) is 16.3. The van der Waals surface area contributed by atoms with Gasteiger partial charge in [0.15, 0.2) is 0 Å². The minimum absolute atomic E-state index is 0. The Balaban J connectivity index is 0.00000900. The second kappa shape index (κ2) is 19.6. The average Bonchev–Trinajstić information content (AvgIpc) is 2.72. The number of nitrogens with one attached hydrogen (secondary N) is 1. The first-order valence-corrected chi connectivity index (χ1v) is 11.8.